The molecule has 5 rings (SSSR count). The van der Waals surface area contributed by atoms with Crippen molar-refractivity contribution in [3.05, 3.63) is 92.3 Å². The Morgan fingerprint density at radius 1 is 1.09 bits per heavy atom. The highest BCUT2D eigenvalue weighted by atomic mass is 35.5. The third-order valence-corrected chi connectivity index (χ3v) is 8.97. The van der Waals surface area contributed by atoms with E-state index in [0.717, 1.165) is 0 Å². The number of fused-ring (bicyclic) bond motifs is 1. The van der Waals surface area contributed by atoms with Gasteiger partial charge in [-0.15, -0.1) is 0 Å². The standard InChI is InChI=1S/C34H32Cl3N3O5/c1-6-26(41)40-12-10-18(11-13-40)32-28(29(38-45-32)27-24(36)15-20(35)16-25(27)37)31(42)22-17-39(5)30-19(8-7-9-21(22)30)14-23(33(43)44)34(2,3)4/h6-9,14-18H,1,10-13H2,2-5H3,(H,43,44)/b23-14-. The van der Waals surface area contributed by atoms with Gasteiger partial charge in [0, 0.05) is 59.4 Å². The number of rotatable bonds is 7. The lowest BCUT2D eigenvalue weighted by atomic mass is 9.85. The predicted molar refractivity (Wildman–Crippen MR) is 177 cm³/mol. The average Bonchev–Trinajstić information content (AvgIpc) is 3.56. The van der Waals surface area contributed by atoms with Crippen molar-refractivity contribution in [2.24, 2.45) is 12.5 Å². The Hall–Kier alpha value is -3.85. The van der Waals surface area contributed by atoms with E-state index >= 15 is 0 Å². The summed E-state index contributed by atoms with van der Waals surface area (Å²) in [5.74, 6) is -1.34. The number of hydrogen-bond acceptors (Lipinski definition) is 5. The van der Waals surface area contributed by atoms with Gasteiger partial charge in [-0.25, -0.2) is 4.79 Å². The molecule has 2 aromatic heterocycles. The van der Waals surface area contributed by atoms with E-state index < -0.39 is 11.4 Å². The Morgan fingerprint density at radius 3 is 2.31 bits per heavy atom. The number of ketones is 1. The molecule has 2 aromatic carbocycles. The van der Waals surface area contributed by atoms with E-state index in [2.05, 4.69) is 11.7 Å². The van der Waals surface area contributed by atoms with Crippen LogP contribution in [0.15, 0.2) is 59.3 Å². The molecule has 0 aliphatic carbocycles. The molecule has 0 atom stereocenters. The SMILES string of the molecule is C=CC(=O)N1CCC(c2onc(-c3c(Cl)cc(Cl)cc3Cl)c2C(=O)c2cn(C)c3c(/C=C(/C(=O)O)C(C)(C)C)cccc23)CC1. The smallest absolute Gasteiger partial charge is 0.332 e. The zero-order chi connectivity index (χ0) is 32.8. The largest absolute Gasteiger partial charge is 0.478 e. The number of likely N-dealkylation sites (tertiary alicyclic amines) is 1. The van der Waals surface area contributed by atoms with E-state index in [1.165, 1.54) is 18.2 Å². The molecule has 45 heavy (non-hydrogen) atoms. The minimum atomic E-state index is -1.01. The highest BCUT2D eigenvalue weighted by Gasteiger charge is 2.35. The second-order valence-corrected chi connectivity index (χ2v) is 13.4. The van der Waals surface area contributed by atoms with Crippen LogP contribution in [0.2, 0.25) is 15.1 Å². The maximum atomic E-state index is 14.7. The number of aromatic nitrogens is 2. The van der Waals surface area contributed by atoms with E-state index in [4.69, 9.17) is 39.3 Å². The first-order valence-corrected chi connectivity index (χ1v) is 15.5. The Kier molecular flexibility index (Phi) is 9.04. The third kappa shape index (κ3) is 6.19. The van der Waals surface area contributed by atoms with Crippen molar-refractivity contribution in [2.45, 2.75) is 39.5 Å². The Morgan fingerprint density at radius 2 is 1.73 bits per heavy atom. The third-order valence-electron chi connectivity index (χ3n) is 8.16. The highest BCUT2D eigenvalue weighted by Crippen LogP contribution is 2.43. The number of aliphatic carboxylic acids is 1. The maximum Gasteiger partial charge on any atom is 0.332 e. The van der Waals surface area contributed by atoms with Crippen LogP contribution in [0, 0.1) is 5.41 Å². The first-order valence-electron chi connectivity index (χ1n) is 14.4. The molecule has 0 spiro atoms. The molecular formula is C34H32Cl3N3O5. The molecular weight excluding hydrogens is 637 g/mol. The summed E-state index contributed by atoms with van der Waals surface area (Å²) in [6.07, 6.45) is 5.76. The van der Waals surface area contributed by atoms with Gasteiger partial charge in [0.05, 0.1) is 21.1 Å². The molecule has 11 heteroatoms. The van der Waals surface area contributed by atoms with Gasteiger partial charge in [-0.05, 0) is 48.1 Å². The van der Waals surface area contributed by atoms with Crippen LogP contribution in [0.1, 0.15) is 66.8 Å². The van der Waals surface area contributed by atoms with E-state index in [1.807, 2.05) is 44.5 Å². The van der Waals surface area contributed by atoms with Crippen LogP contribution >= 0.6 is 34.8 Å². The lowest BCUT2D eigenvalue weighted by Crippen LogP contribution is -2.37. The predicted octanol–water partition coefficient (Wildman–Crippen LogP) is 8.43. The lowest BCUT2D eigenvalue weighted by Gasteiger charge is -2.30. The first-order chi connectivity index (χ1) is 21.2. The van der Waals surface area contributed by atoms with Gasteiger partial charge in [0.25, 0.3) is 0 Å². The number of carboxylic acid groups (broad SMARTS) is 1. The molecule has 0 unspecified atom stereocenters. The molecule has 0 saturated carbocycles. The van der Waals surface area contributed by atoms with Gasteiger partial charge in [-0.2, -0.15) is 0 Å². The molecule has 1 fully saturated rings. The summed E-state index contributed by atoms with van der Waals surface area (Å²) >= 11 is 19.4. The zero-order valence-electron chi connectivity index (χ0n) is 25.3. The van der Waals surface area contributed by atoms with Crippen molar-refractivity contribution in [1.29, 1.82) is 0 Å². The first kappa shape index (κ1) is 32.5. The molecule has 4 aromatic rings. The molecule has 1 saturated heterocycles. The van der Waals surface area contributed by atoms with E-state index in [1.54, 1.807) is 23.2 Å². The Balaban J connectivity index is 1.68. The minimum Gasteiger partial charge on any atom is -0.478 e. The normalized spacial score (nSPS) is 14.6. The van der Waals surface area contributed by atoms with Gasteiger partial charge >= 0.3 is 5.97 Å². The maximum absolute atomic E-state index is 14.7. The number of hydrogen-bond donors (Lipinski definition) is 1. The van der Waals surface area contributed by atoms with Crippen molar-refractivity contribution in [3.8, 4) is 11.3 Å². The minimum absolute atomic E-state index is 0.152. The second kappa shape index (κ2) is 12.5. The molecule has 1 amide bonds. The fourth-order valence-electron chi connectivity index (χ4n) is 5.92. The van der Waals surface area contributed by atoms with Crippen LogP contribution in [-0.4, -0.2) is 50.5 Å². The van der Waals surface area contributed by atoms with Crippen molar-refractivity contribution < 1.29 is 24.0 Å². The summed E-state index contributed by atoms with van der Waals surface area (Å²) in [5, 5.41) is 15.7. The van der Waals surface area contributed by atoms with Crippen LogP contribution in [0.3, 0.4) is 0 Å². The summed E-state index contributed by atoms with van der Waals surface area (Å²) in [6.45, 7) is 10.0. The van der Waals surface area contributed by atoms with Gasteiger partial charge in [-0.3, -0.25) is 9.59 Å². The van der Waals surface area contributed by atoms with Gasteiger partial charge < -0.3 is 19.1 Å². The fraction of sp³-hybridized carbons (Fsp3) is 0.294. The van der Waals surface area contributed by atoms with Crippen LogP contribution in [0.25, 0.3) is 28.2 Å². The van der Waals surface area contributed by atoms with E-state index in [9.17, 15) is 19.5 Å². The molecule has 234 valence electrons. The Bertz CT molecular complexity index is 1870. The quantitative estimate of drug-likeness (QED) is 0.157. The van der Waals surface area contributed by atoms with E-state index in [-0.39, 0.29) is 44.5 Å². The van der Waals surface area contributed by atoms with Crippen LogP contribution in [0.4, 0.5) is 0 Å². The molecule has 8 nitrogen and oxygen atoms in total. The lowest BCUT2D eigenvalue weighted by molar-refractivity contribution is -0.133. The zero-order valence-corrected chi connectivity index (χ0v) is 27.6. The number of carbonyl (C=O) groups excluding carboxylic acids is 2. The summed E-state index contributed by atoms with van der Waals surface area (Å²) in [6, 6.07) is 8.50. The summed E-state index contributed by atoms with van der Waals surface area (Å²) in [4.78, 5) is 40.8. The van der Waals surface area contributed by atoms with Crippen LogP contribution < -0.4 is 0 Å². The summed E-state index contributed by atoms with van der Waals surface area (Å²) in [7, 11) is 1.81. The molecule has 1 aliphatic rings. The highest BCUT2D eigenvalue weighted by molar-refractivity contribution is 6.42. The van der Waals surface area contributed by atoms with Crippen molar-refractivity contribution >= 4 is 69.4 Å². The summed E-state index contributed by atoms with van der Waals surface area (Å²) < 4.78 is 7.74. The van der Waals surface area contributed by atoms with Crippen LogP contribution in [-0.2, 0) is 16.6 Å². The number of carboxylic acids is 1. The van der Waals surface area contributed by atoms with Crippen molar-refractivity contribution in [1.82, 2.24) is 14.6 Å². The fourth-order valence-corrected chi connectivity index (χ4v) is 6.91. The molecule has 3 heterocycles. The van der Waals surface area contributed by atoms with Gasteiger partial charge in [0.15, 0.2) is 5.76 Å². The molecule has 1 N–H and O–H groups in total. The average molecular weight is 669 g/mol. The molecule has 0 radical (unpaired) electrons. The number of amides is 1. The molecule has 0 bridgehead atoms. The topological polar surface area (TPSA) is 106 Å². The molecule has 1 aliphatic heterocycles. The number of nitrogens with zero attached hydrogens (tertiary/aromatic N) is 3. The number of benzene rings is 2. The van der Waals surface area contributed by atoms with Gasteiger partial charge in [0.2, 0.25) is 11.7 Å². The monoisotopic (exact) mass is 667 g/mol. The van der Waals surface area contributed by atoms with E-state index in [0.29, 0.717) is 64.3 Å². The van der Waals surface area contributed by atoms with Crippen LogP contribution in [0.5, 0.6) is 0 Å². The van der Waals surface area contributed by atoms with Gasteiger partial charge in [0.1, 0.15) is 5.69 Å². The van der Waals surface area contributed by atoms with Gasteiger partial charge in [-0.1, -0.05) is 85.5 Å². The van der Waals surface area contributed by atoms with Crippen molar-refractivity contribution in [2.75, 3.05) is 13.1 Å². The van der Waals surface area contributed by atoms with Crippen molar-refractivity contribution in [3.63, 3.8) is 0 Å². The number of piperidine rings is 1. The number of para-hydroxylation sites is 1. The Labute approximate surface area is 275 Å². The summed E-state index contributed by atoms with van der Waals surface area (Å²) in [5.41, 5.74) is 2.09. The second-order valence-electron chi connectivity index (χ2n) is 12.2. The number of halogens is 3. The number of aryl methyl sites for hydroxylation is 1. The number of carbonyl (C=O) groups is 3.